The first-order valence-corrected chi connectivity index (χ1v) is 9.84. The van der Waals surface area contributed by atoms with E-state index in [1.807, 2.05) is 41.8 Å². The maximum atomic E-state index is 12.5. The van der Waals surface area contributed by atoms with Gasteiger partial charge in [0.15, 0.2) is 5.78 Å². The molecule has 2 aliphatic carbocycles. The molecule has 1 aromatic carbocycles. The first kappa shape index (κ1) is 16.8. The average Bonchev–Trinajstić information content (AvgIpc) is 3.24. The van der Waals surface area contributed by atoms with Crippen molar-refractivity contribution in [3.8, 4) is 5.75 Å². The van der Waals surface area contributed by atoms with Gasteiger partial charge < -0.3 is 15.2 Å². The second-order valence-corrected chi connectivity index (χ2v) is 7.91. The highest BCUT2D eigenvalue weighted by Gasteiger charge is 2.37. The number of ether oxygens (including phenoxy) is 1. The van der Waals surface area contributed by atoms with Gasteiger partial charge in [-0.15, -0.1) is 11.3 Å². The van der Waals surface area contributed by atoms with Crippen LogP contribution >= 0.6 is 11.3 Å². The van der Waals surface area contributed by atoms with Crippen LogP contribution in [0.15, 0.2) is 41.8 Å². The van der Waals surface area contributed by atoms with Crippen molar-refractivity contribution >= 4 is 17.1 Å². The van der Waals surface area contributed by atoms with Gasteiger partial charge in [0.1, 0.15) is 18.0 Å². The largest absolute Gasteiger partial charge is 0.488 e. The number of rotatable bonds is 5. The summed E-state index contributed by atoms with van der Waals surface area (Å²) in [7, 11) is 0. The number of hydrogen-bond donors (Lipinski definition) is 2. The lowest BCUT2D eigenvalue weighted by Gasteiger charge is -2.25. The molecule has 25 heavy (non-hydrogen) atoms. The van der Waals surface area contributed by atoms with Gasteiger partial charge in [-0.3, -0.25) is 4.79 Å². The monoisotopic (exact) mass is 357 g/mol. The van der Waals surface area contributed by atoms with E-state index in [1.165, 1.54) is 4.88 Å². The molecule has 4 rings (SSSR count). The van der Waals surface area contributed by atoms with Crippen molar-refractivity contribution < 1.29 is 14.6 Å². The summed E-state index contributed by atoms with van der Waals surface area (Å²) < 4.78 is 5.91. The number of ketones is 1. The minimum Gasteiger partial charge on any atom is -0.488 e. The van der Waals surface area contributed by atoms with Gasteiger partial charge in [0.05, 0.1) is 0 Å². The Balaban J connectivity index is 1.31. The number of thiophene rings is 1. The van der Waals surface area contributed by atoms with Gasteiger partial charge in [-0.2, -0.15) is 0 Å². The average molecular weight is 357 g/mol. The second-order valence-electron chi connectivity index (χ2n) is 6.91. The molecule has 5 heteroatoms. The van der Waals surface area contributed by atoms with E-state index in [-0.39, 0.29) is 23.8 Å². The molecule has 132 valence electrons. The predicted molar refractivity (Wildman–Crippen MR) is 98.4 cm³/mol. The summed E-state index contributed by atoms with van der Waals surface area (Å²) in [6, 6.07) is 11.6. The maximum Gasteiger partial charge on any atom is 0.168 e. The highest BCUT2D eigenvalue weighted by molar-refractivity contribution is 7.10. The van der Waals surface area contributed by atoms with Crippen molar-refractivity contribution in [1.29, 1.82) is 0 Å². The third kappa shape index (κ3) is 3.50. The Morgan fingerprint density at radius 3 is 2.84 bits per heavy atom. The van der Waals surface area contributed by atoms with Crippen molar-refractivity contribution in [1.82, 2.24) is 5.32 Å². The molecular formula is C20H23NO3S. The molecule has 2 aliphatic rings. The number of aryl methyl sites for hydroxylation is 1. The Labute approximate surface area is 151 Å². The van der Waals surface area contributed by atoms with Crippen molar-refractivity contribution in [2.24, 2.45) is 5.92 Å². The normalized spacial score (nSPS) is 28.8. The zero-order valence-corrected chi connectivity index (χ0v) is 14.9. The molecule has 1 saturated carbocycles. The summed E-state index contributed by atoms with van der Waals surface area (Å²) in [6.45, 7) is 0.633. The molecule has 1 fully saturated rings. The van der Waals surface area contributed by atoms with Crippen LogP contribution in [0.1, 0.15) is 34.5 Å². The number of aliphatic hydroxyl groups is 1. The summed E-state index contributed by atoms with van der Waals surface area (Å²) >= 11 is 1.68. The van der Waals surface area contributed by atoms with Crippen LogP contribution in [0.2, 0.25) is 0 Å². The molecule has 2 N–H and O–H groups in total. The van der Waals surface area contributed by atoms with Crippen molar-refractivity contribution in [3.63, 3.8) is 0 Å². The fourth-order valence-corrected chi connectivity index (χ4v) is 4.77. The third-order valence-corrected chi connectivity index (χ3v) is 6.29. The summed E-state index contributed by atoms with van der Waals surface area (Å²) in [6.07, 6.45) is 2.83. The zero-order chi connectivity index (χ0) is 17.2. The lowest BCUT2D eigenvalue weighted by molar-refractivity contribution is 0.0442. The minimum absolute atomic E-state index is 0.00890. The lowest BCUT2D eigenvalue weighted by atomic mass is 9.87. The number of nitrogens with one attached hydrogen (secondary N) is 1. The summed E-state index contributed by atoms with van der Waals surface area (Å²) in [4.78, 5) is 13.8. The van der Waals surface area contributed by atoms with Gasteiger partial charge in [-0.1, -0.05) is 18.2 Å². The van der Waals surface area contributed by atoms with Gasteiger partial charge in [-0.05, 0) is 49.3 Å². The van der Waals surface area contributed by atoms with E-state index in [0.717, 1.165) is 37.0 Å². The molecule has 1 aromatic heterocycles. The Morgan fingerprint density at radius 2 is 2.00 bits per heavy atom. The number of hydrogen-bond acceptors (Lipinski definition) is 5. The van der Waals surface area contributed by atoms with E-state index >= 15 is 0 Å². The SMILES string of the molecule is O=C1c2ccsc2CCC1CNC1CCC(Oc2ccccc2)C1O. The molecular weight excluding hydrogens is 334 g/mol. The second kappa shape index (κ2) is 7.28. The topological polar surface area (TPSA) is 58.6 Å². The first-order chi connectivity index (χ1) is 12.2. The molecule has 1 heterocycles. The fraction of sp³-hybridized carbons (Fsp3) is 0.450. The van der Waals surface area contributed by atoms with E-state index in [2.05, 4.69) is 5.32 Å². The highest BCUT2D eigenvalue weighted by Crippen LogP contribution is 2.30. The number of carbonyl (C=O) groups is 1. The molecule has 0 spiro atoms. The van der Waals surface area contributed by atoms with Crippen LogP contribution in [-0.4, -0.2) is 35.7 Å². The van der Waals surface area contributed by atoms with E-state index in [4.69, 9.17) is 4.74 Å². The molecule has 0 amide bonds. The van der Waals surface area contributed by atoms with Gasteiger partial charge in [0.2, 0.25) is 0 Å². The Hall–Kier alpha value is -1.69. The lowest BCUT2D eigenvalue weighted by Crippen LogP contribution is -2.44. The van der Waals surface area contributed by atoms with Crippen LogP contribution in [0, 0.1) is 5.92 Å². The van der Waals surface area contributed by atoms with Crippen molar-refractivity contribution in [2.75, 3.05) is 6.54 Å². The summed E-state index contributed by atoms with van der Waals surface area (Å²) in [5, 5.41) is 16.0. The van der Waals surface area contributed by atoms with Crippen LogP contribution < -0.4 is 10.1 Å². The third-order valence-electron chi connectivity index (χ3n) is 5.31. The molecule has 0 saturated heterocycles. The van der Waals surface area contributed by atoms with Crippen molar-refractivity contribution in [3.05, 3.63) is 52.2 Å². The highest BCUT2D eigenvalue weighted by atomic mass is 32.1. The molecule has 0 bridgehead atoms. The van der Waals surface area contributed by atoms with Gasteiger partial charge in [0.25, 0.3) is 0 Å². The number of aliphatic hydroxyl groups excluding tert-OH is 1. The van der Waals surface area contributed by atoms with Crippen LogP contribution in [0.4, 0.5) is 0 Å². The fourth-order valence-electron chi connectivity index (χ4n) is 3.87. The minimum atomic E-state index is -0.546. The number of Topliss-reactive ketones (excluding diaryl/α,β-unsaturated/α-hetero) is 1. The Bertz CT molecular complexity index is 730. The smallest absolute Gasteiger partial charge is 0.168 e. The molecule has 0 radical (unpaired) electrons. The maximum absolute atomic E-state index is 12.5. The predicted octanol–water partition coefficient (Wildman–Crippen LogP) is 3.05. The van der Waals surface area contributed by atoms with Gasteiger partial charge in [-0.25, -0.2) is 0 Å². The number of benzene rings is 1. The van der Waals surface area contributed by atoms with E-state index in [0.29, 0.717) is 6.54 Å². The standard InChI is InChI=1S/C20H23NO3S/c22-19-13(6-9-18-15(19)10-11-25-18)12-21-16-7-8-17(20(16)23)24-14-4-2-1-3-5-14/h1-5,10-11,13,16-17,20-21,23H,6-9,12H2. The Morgan fingerprint density at radius 1 is 1.16 bits per heavy atom. The molecule has 4 atom stereocenters. The number of para-hydroxylation sites is 1. The van der Waals surface area contributed by atoms with Crippen LogP contribution in [0.5, 0.6) is 5.75 Å². The van der Waals surface area contributed by atoms with Gasteiger partial charge in [0, 0.05) is 28.9 Å². The molecule has 4 nitrogen and oxygen atoms in total. The van der Waals surface area contributed by atoms with E-state index in [1.54, 1.807) is 11.3 Å². The van der Waals surface area contributed by atoms with Crippen molar-refractivity contribution in [2.45, 2.75) is 43.9 Å². The quantitative estimate of drug-likeness (QED) is 0.863. The summed E-state index contributed by atoms with van der Waals surface area (Å²) in [5.41, 5.74) is 0.903. The van der Waals surface area contributed by atoms with E-state index < -0.39 is 6.10 Å². The van der Waals surface area contributed by atoms with E-state index in [9.17, 15) is 9.90 Å². The zero-order valence-electron chi connectivity index (χ0n) is 14.1. The molecule has 0 aliphatic heterocycles. The molecule has 2 aromatic rings. The number of fused-ring (bicyclic) bond motifs is 1. The first-order valence-electron chi connectivity index (χ1n) is 8.96. The molecule has 4 unspecified atom stereocenters. The van der Waals surface area contributed by atoms with Gasteiger partial charge >= 0.3 is 0 Å². The Kier molecular flexibility index (Phi) is 4.88. The van der Waals surface area contributed by atoms with Crippen LogP contribution in [-0.2, 0) is 6.42 Å². The van der Waals surface area contributed by atoms with Crippen LogP contribution in [0.25, 0.3) is 0 Å². The number of carbonyl (C=O) groups excluding carboxylic acids is 1. The van der Waals surface area contributed by atoms with Crippen LogP contribution in [0.3, 0.4) is 0 Å². The summed E-state index contributed by atoms with van der Waals surface area (Å²) in [5.74, 6) is 1.06.